The molecule has 28 heavy (non-hydrogen) atoms. The number of benzene rings is 2. The van der Waals surface area contributed by atoms with Gasteiger partial charge in [-0.05, 0) is 36.8 Å². The van der Waals surface area contributed by atoms with E-state index in [-0.39, 0.29) is 22.4 Å². The fourth-order valence-electron chi connectivity index (χ4n) is 3.62. The Hall–Kier alpha value is -2.45. The molecule has 1 fully saturated rings. The van der Waals surface area contributed by atoms with E-state index >= 15 is 0 Å². The number of hydrogen-bond acceptors (Lipinski definition) is 4. The number of nitrogens with one attached hydrogen (secondary N) is 1. The number of amides is 2. The molecule has 3 rings (SSSR count). The van der Waals surface area contributed by atoms with Crippen LogP contribution in [0.15, 0.2) is 41.3 Å². The molecule has 2 amide bonds. The second-order valence-corrected chi connectivity index (χ2v) is 8.73. The molecule has 0 saturated carbocycles. The second-order valence-electron chi connectivity index (χ2n) is 7.05. The first kappa shape index (κ1) is 20.3. The van der Waals surface area contributed by atoms with Gasteiger partial charge in [0.05, 0.1) is 4.90 Å². The van der Waals surface area contributed by atoms with E-state index in [0.29, 0.717) is 43.1 Å². The van der Waals surface area contributed by atoms with Crippen LogP contribution >= 0.6 is 0 Å². The van der Waals surface area contributed by atoms with E-state index in [1.807, 2.05) is 6.92 Å². The van der Waals surface area contributed by atoms with Gasteiger partial charge in [-0.2, -0.15) is 0 Å². The van der Waals surface area contributed by atoms with Gasteiger partial charge < -0.3 is 10.6 Å². The fraction of sp³-hybridized carbons (Fsp3) is 0.400. The average Bonchev–Trinajstić information content (AvgIpc) is 2.67. The Balaban J connectivity index is 1.80. The molecule has 1 aliphatic rings. The number of carbonyl (C=O) groups excluding carboxylic acids is 2. The van der Waals surface area contributed by atoms with Crippen LogP contribution in [0.4, 0.5) is 0 Å². The van der Waals surface area contributed by atoms with Gasteiger partial charge in [0.1, 0.15) is 0 Å². The number of likely N-dealkylation sites (tertiary alicyclic amines) is 1. The number of nitrogens with two attached hydrogens (primary N) is 1. The van der Waals surface area contributed by atoms with Crippen molar-refractivity contribution in [3.63, 3.8) is 0 Å². The largest absolute Gasteiger partial charge is 0.366 e. The molecule has 0 unspecified atom stereocenters. The lowest BCUT2D eigenvalue weighted by Crippen LogP contribution is -2.46. The second kappa shape index (κ2) is 8.28. The first-order valence-corrected chi connectivity index (χ1v) is 10.9. The summed E-state index contributed by atoms with van der Waals surface area (Å²) in [5.41, 5.74) is 5.70. The Kier molecular flexibility index (Phi) is 6.00. The van der Waals surface area contributed by atoms with Gasteiger partial charge in [-0.1, -0.05) is 31.2 Å². The van der Waals surface area contributed by atoms with Crippen molar-refractivity contribution in [3.05, 3.63) is 42.0 Å². The van der Waals surface area contributed by atoms with Crippen LogP contribution in [0.5, 0.6) is 0 Å². The van der Waals surface area contributed by atoms with Gasteiger partial charge in [-0.25, -0.2) is 13.1 Å². The summed E-state index contributed by atoms with van der Waals surface area (Å²) < 4.78 is 28.8. The standard InChI is InChI=1S/C20H25N3O4S/c1-2-5-19(24)23-12-10-14(11-13-23)22-28(26,27)18-9-8-17(20(21)25)15-6-3-4-7-16(15)18/h3-4,6-9,14,22H,2,5,10-13H2,1H3,(H2,21,25). The van der Waals surface area contributed by atoms with E-state index in [9.17, 15) is 18.0 Å². The minimum absolute atomic E-state index is 0.122. The third-order valence-electron chi connectivity index (χ3n) is 5.07. The lowest BCUT2D eigenvalue weighted by molar-refractivity contribution is -0.132. The van der Waals surface area contributed by atoms with Crippen molar-refractivity contribution in [2.24, 2.45) is 5.73 Å². The van der Waals surface area contributed by atoms with Gasteiger partial charge in [0, 0.05) is 36.5 Å². The zero-order valence-electron chi connectivity index (χ0n) is 15.8. The van der Waals surface area contributed by atoms with E-state index in [1.54, 1.807) is 29.2 Å². The molecule has 2 aromatic carbocycles. The molecule has 1 aliphatic heterocycles. The van der Waals surface area contributed by atoms with Crippen LogP contribution in [-0.2, 0) is 14.8 Å². The number of hydrogen-bond donors (Lipinski definition) is 2. The highest BCUT2D eigenvalue weighted by Gasteiger charge is 2.27. The Morgan fingerprint density at radius 3 is 2.36 bits per heavy atom. The summed E-state index contributed by atoms with van der Waals surface area (Å²) in [6.07, 6.45) is 2.48. The summed E-state index contributed by atoms with van der Waals surface area (Å²) in [6.45, 7) is 3.06. The number of rotatable bonds is 6. The summed E-state index contributed by atoms with van der Waals surface area (Å²) in [6, 6.07) is 9.46. The van der Waals surface area contributed by atoms with Crippen LogP contribution in [0.25, 0.3) is 10.8 Å². The van der Waals surface area contributed by atoms with Crippen molar-refractivity contribution in [3.8, 4) is 0 Å². The number of carbonyl (C=O) groups is 2. The minimum atomic E-state index is -3.78. The lowest BCUT2D eigenvalue weighted by atomic mass is 10.0. The molecule has 0 bridgehead atoms. The molecular formula is C20H25N3O4S. The van der Waals surface area contributed by atoms with E-state index < -0.39 is 15.9 Å². The molecule has 7 nitrogen and oxygen atoms in total. The van der Waals surface area contributed by atoms with Crippen LogP contribution < -0.4 is 10.5 Å². The summed E-state index contributed by atoms with van der Waals surface area (Å²) in [5, 5.41) is 0.972. The number of sulfonamides is 1. The smallest absolute Gasteiger partial charge is 0.249 e. The van der Waals surface area contributed by atoms with Gasteiger partial charge in [0.15, 0.2) is 0 Å². The maximum absolute atomic E-state index is 13.0. The van der Waals surface area contributed by atoms with E-state index in [4.69, 9.17) is 5.73 Å². The highest BCUT2D eigenvalue weighted by atomic mass is 32.2. The summed E-state index contributed by atoms with van der Waals surface area (Å²) >= 11 is 0. The van der Waals surface area contributed by atoms with Gasteiger partial charge in [-0.3, -0.25) is 9.59 Å². The highest BCUT2D eigenvalue weighted by Crippen LogP contribution is 2.27. The Morgan fingerprint density at radius 2 is 1.75 bits per heavy atom. The van der Waals surface area contributed by atoms with Crippen molar-refractivity contribution < 1.29 is 18.0 Å². The van der Waals surface area contributed by atoms with Gasteiger partial charge in [0.25, 0.3) is 0 Å². The molecule has 0 atom stereocenters. The lowest BCUT2D eigenvalue weighted by Gasteiger charge is -2.32. The molecule has 0 spiro atoms. The summed E-state index contributed by atoms with van der Waals surface area (Å²) in [5.74, 6) is -0.478. The van der Waals surface area contributed by atoms with Crippen molar-refractivity contribution in [2.75, 3.05) is 13.1 Å². The zero-order chi connectivity index (χ0) is 20.3. The Morgan fingerprint density at radius 1 is 1.11 bits per heavy atom. The molecule has 0 radical (unpaired) electrons. The van der Waals surface area contributed by atoms with Gasteiger partial charge in [-0.15, -0.1) is 0 Å². The average molecular weight is 404 g/mol. The SMILES string of the molecule is CCCC(=O)N1CCC(NS(=O)(=O)c2ccc(C(N)=O)c3ccccc23)CC1. The third-order valence-corrected chi connectivity index (χ3v) is 6.65. The minimum Gasteiger partial charge on any atom is -0.366 e. The first-order valence-electron chi connectivity index (χ1n) is 9.45. The number of primary amides is 1. The first-order chi connectivity index (χ1) is 13.3. The van der Waals surface area contributed by atoms with Gasteiger partial charge >= 0.3 is 0 Å². The fourth-order valence-corrected chi connectivity index (χ4v) is 5.14. The maximum atomic E-state index is 13.0. The van der Waals surface area contributed by atoms with Crippen LogP contribution in [-0.4, -0.2) is 44.3 Å². The molecule has 8 heteroatoms. The monoisotopic (exact) mass is 403 g/mol. The van der Waals surface area contributed by atoms with E-state index in [0.717, 1.165) is 6.42 Å². The van der Waals surface area contributed by atoms with Crippen molar-refractivity contribution >= 4 is 32.6 Å². The van der Waals surface area contributed by atoms with Crippen molar-refractivity contribution in [2.45, 2.75) is 43.5 Å². The number of fused-ring (bicyclic) bond motifs is 1. The summed E-state index contributed by atoms with van der Waals surface area (Å²) in [4.78, 5) is 25.6. The third kappa shape index (κ3) is 4.18. The van der Waals surface area contributed by atoms with Crippen molar-refractivity contribution in [1.82, 2.24) is 9.62 Å². The quantitative estimate of drug-likeness (QED) is 0.769. The number of piperidine rings is 1. The van der Waals surface area contributed by atoms with Crippen LogP contribution in [0.1, 0.15) is 43.0 Å². The Labute approximate surface area is 164 Å². The molecule has 2 aromatic rings. The van der Waals surface area contributed by atoms with E-state index in [2.05, 4.69) is 4.72 Å². The molecule has 0 aromatic heterocycles. The van der Waals surface area contributed by atoms with Crippen LogP contribution in [0, 0.1) is 0 Å². The molecule has 3 N–H and O–H groups in total. The molecular weight excluding hydrogens is 378 g/mol. The van der Waals surface area contributed by atoms with Gasteiger partial charge in [0.2, 0.25) is 21.8 Å². The normalized spacial score (nSPS) is 15.7. The Bertz CT molecular complexity index is 996. The highest BCUT2D eigenvalue weighted by molar-refractivity contribution is 7.89. The van der Waals surface area contributed by atoms with Crippen LogP contribution in [0.3, 0.4) is 0 Å². The predicted octanol–water partition coefficient (Wildman–Crippen LogP) is 2.01. The predicted molar refractivity (Wildman–Crippen MR) is 107 cm³/mol. The molecule has 150 valence electrons. The number of nitrogens with zero attached hydrogens (tertiary/aromatic N) is 1. The maximum Gasteiger partial charge on any atom is 0.249 e. The topological polar surface area (TPSA) is 110 Å². The molecule has 1 heterocycles. The zero-order valence-corrected chi connectivity index (χ0v) is 16.7. The molecule has 0 aliphatic carbocycles. The van der Waals surface area contributed by atoms with E-state index in [1.165, 1.54) is 12.1 Å². The van der Waals surface area contributed by atoms with Crippen molar-refractivity contribution in [1.29, 1.82) is 0 Å². The summed E-state index contributed by atoms with van der Waals surface area (Å²) in [7, 11) is -3.78. The molecule has 1 saturated heterocycles. The van der Waals surface area contributed by atoms with Crippen LogP contribution in [0.2, 0.25) is 0 Å².